The van der Waals surface area contributed by atoms with Gasteiger partial charge in [-0.3, -0.25) is 0 Å². The van der Waals surface area contributed by atoms with E-state index in [1.807, 2.05) is 24.3 Å². The number of nitrogens with zero attached hydrogens (tertiary/aromatic N) is 1. The molecule has 2 aromatic rings. The monoisotopic (exact) mass is 229 g/mol. The number of methoxy groups -OCH3 is 1. The smallest absolute Gasteiger partial charge is 0.328 e. The quantitative estimate of drug-likeness (QED) is 0.820. The number of aromatic nitrogens is 1. The van der Waals surface area contributed by atoms with E-state index >= 15 is 0 Å². The van der Waals surface area contributed by atoms with Crippen molar-refractivity contribution in [2.24, 2.45) is 0 Å². The molecular formula is C13H11NO3. The van der Waals surface area contributed by atoms with Crippen LogP contribution in [0.2, 0.25) is 0 Å². The molecule has 4 heteroatoms. The van der Waals surface area contributed by atoms with Crippen LogP contribution in [-0.4, -0.2) is 23.2 Å². The van der Waals surface area contributed by atoms with Gasteiger partial charge in [-0.2, -0.15) is 0 Å². The standard InChI is InChI=1S/C13H11NO3/c1-17-11-7-5-9-3-2-4-10(13(9)14-11)6-8-12(15)16/h2-8H,1H3,(H,15,16)/b8-6+. The molecule has 0 aliphatic carbocycles. The summed E-state index contributed by atoms with van der Waals surface area (Å²) in [5.41, 5.74) is 1.48. The maximum Gasteiger partial charge on any atom is 0.328 e. The number of hydrogen-bond acceptors (Lipinski definition) is 3. The molecule has 1 heterocycles. The molecule has 0 amide bonds. The van der Waals surface area contributed by atoms with E-state index in [9.17, 15) is 4.79 Å². The molecule has 0 bridgehead atoms. The first-order valence-corrected chi connectivity index (χ1v) is 5.05. The van der Waals surface area contributed by atoms with Gasteiger partial charge in [-0.05, 0) is 12.1 Å². The molecule has 0 spiro atoms. The molecule has 1 aromatic heterocycles. The SMILES string of the molecule is COc1ccc2cccc(/C=C/C(=O)O)c2n1. The van der Waals surface area contributed by atoms with Gasteiger partial charge in [0.2, 0.25) is 5.88 Å². The van der Waals surface area contributed by atoms with Gasteiger partial charge in [0.05, 0.1) is 12.6 Å². The van der Waals surface area contributed by atoms with E-state index in [0.29, 0.717) is 5.88 Å². The molecule has 0 aliphatic heterocycles. The van der Waals surface area contributed by atoms with E-state index in [1.54, 1.807) is 13.2 Å². The van der Waals surface area contributed by atoms with Crippen LogP contribution in [0.3, 0.4) is 0 Å². The number of ether oxygens (including phenoxy) is 1. The van der Waals surface area contributed by atoms with E-state index in [1.165, 1.54) is 6.08 Å². The third-order valence-electron chi connectivity index (χ3n) is 2.34. The average Bonchev–Trinajstić information content (AvgIpc) is 2.35. The number of para-hydroxylation sites is 1. The van der Waals surface area contributed by atoms with Gasteiger partial charge in [0.25, 0.3) is 0 Å². The van der Waals surface area contributed by atoms with Crippen LogP contribution in [0, 0.1) is 0 Å². The van der Waals surface area contributed by atoms with Crippen molar-refractivity contribution >= 4 is 22.9 Å². The topological polar surface area (TPSA) is 59.4 Å². The van der Waals surface area contributed by atoms with E-state index in [4.69, 9.17) is 9.84 Å². The van der Waals surface area contributed by atoms with Crippen molar-refractivity contribution in [1.29, 1.82) is 0 Å². The first-order valence-electron chi connectivity index (χ1n) is 5.05. The molecule has 17 heavy (non-hydrogen) atoms. The molecule has 0 saturated heterocycles. The largest absolute Gasteiger partial charge is 0.481 e. The van der Waals surface area contributed by atoms with Crippen molar-refractivity contribution in [3.8, 4) is 5.88 Å². The number of aliphatic carboxylic acids is 1. The van der Waals surface area contributed by atoms with Gasteiger partial charge >= 0.3 is 5.97 Å². The van der Waals surface area contributed by atoms with Crippen molar-refractivity contribution in [3.63, 3.8) is 0 Å². The summed E-state index contributed by atoms with van der Waals surface area (Å²) in [5, 5.41) is 9.56. The van der Waals surface area contributed by atoms with Crippen molar-refractivity contribution in [3.05, 3.63) is 42.0 Å². The Bertz CT molecular complexity index is 590. The number of carboxylic acid groups (broad SMARTS) is 1. The second kappa shape index (κ2) is 4.65. The van der Waals surface area contributed by atoms with E-state index in [-0.39, 0.29) is 0 Å². The lowest BCUT2D eigenvalue weighted by Gasteiger charge is -2.03. The molecule has 0 unspecified atom stereocenters. The molecule has 0 atom stereocenters. The number of carboxylic acids is 1. The number of hydrogen-bond donors (Lipinski definition) is 1. The lowest BCUT2D eigenvalue weighted by molar-refractivity contribution is -0.131. The minimum Gasteiger partial charge on any atom is -0.481 e. The van der Waals surface area contributed by atoms with Crippen LogP contribution >= 0.6 is 0 Å². The summed E-state index contributed by atoms with van der Waals surface area (Å²) < 4.78 is 5.05. The second-order valence-electron chi connectivity index (χ2n) is 3.44. The van der Waals surface area contributed by atoms with E-state index < -0.39 is 5.97 Å². The van der Waals surface area contributed by atoms with Crippen molar-refractivity contribution in [2.75, 3.05) is 7.11 Å². The fraction of sp³-hybridized carbons (Fsp3) is 0.0769. The van der Waals surface area contributed by atoms with Gasteiger partial charge in [-0.1, -0.05) is 18.2 Å². The molecular weight excluding hydrogens is 218 g/mol. The predicted octanol–water partition coefficient (Wildman–Crippen LogP) is 2.34. The molecule has 4 nitrogen and oxygen atoms in total. The Hall–Kier alpha value is -2.36. The fourth-order valence-corrected chi connectivity index (χ4v) is 1.56. The van der Waals surface area contributed by atoms with Gasteiger partial charge in [0, 0.05) is 23.1 Å². The van der Waals surface area contributed by atoms with Crippen LogP contribution in [-0.2, 0) is 4.79 Å². The van der Waals surface area contributed by atoms with Gasteiger partial charge < -0.3 is 9.84 Å². The van der Waals surface area contributed by atoms with Crippen LogP contribution in [0.25, 0.3) is 17.0 Å². The molecule has 1 N–H and O–H groups in total. The molecule has 0 fully saturated rings. The third kappa shape index (κ3) is 2.42. The average molecular weight is 229 g/mol. The van der Waals surface area contributed by atoms with Gasteiger partial charge in [-0.15, -0.1) is 0 Å². The number of pyridine rings is 1. The highest BCUT2D eigenvalue weighted by Crippen LogP contribution is 2.21. The van der Waals surface area contributed by atoms with Crippen molar-refractivity contribution < 1.29 is 14.6 Å². The molecule has 0 aliphatic rings. The molecule has 0 radical (unpaired) electrons. The Morgan fingerprint density at radius 3 is 2.88 bits per heavy atom. The second-order valence-corrected chi connectivity index (χ2v) is 3.44. The minimum atomic E-state index is -0.982. The van der Waals surface area contributed by atoms with Crippen molar-refractivity contribution in [2.45, 2.75) is 0 Å². The van der Waals surface area contributed by atoms with Crippen LogP contribution in [0.1, 0.15) is 5.56 Å². The zero-order valence-electron chi connectivity index (χ0n) is 9.25. The maximum absolute atomic E-state index is 10.5. The maximum atomic E-state index is 10.5. The summed E-state index contributed by atoms with van der Waals surface area (Å²) in [6.07, 6.45) is 2.62. The Kier molecular flexibility index (Phi) is 3.05. The summed E-state index contributed by atoms with van der Waals surface area (Å²) in [5.74, 6) is -0.474. The Morgan fingerprint density at radius 1 is 1.35 bits per heavy atom. The highest BCUT2D eigenvalue weighted by molar-refractivity contribution is 5.92. The number of fused-ring (bicyclic) bond motifs is 1. The van der Waals surface area contributed by atoms with Crippen LogP contribution < -0.4 is 4.74 Å². The molecule has 0 saturated carbocycles. The summed E-state index contributed by atoms with van der Waals surface area (Å²) in [6, 6.07) is 9.25. The van der Waals surface area contributed by atoms with Crippen LogP contribution in [0.5, 0.6) is 5.88 Å². The Balaban J connectivity index is 2.58. The first kappa shape index (κ1) is 11.1. The number of benzene rings is 1. The van der Waals surface area contributed by atoms with Crippen molar-refractivity contribution in [1.82, 2.24) is 4.98 Å². The lowest BCUT2D eigenvalue weighted by Crippen LogP contribution is -1.90. The lowest BCUT2D eigenvalue weighted by atomic mass is 10.1. The van der Waals surface area contributed by atoms with E-state index in [2.05, 4.69) is 4.98 Å². The van der Waals surface area contributed by atoms with E-state index in [0.717, 1.165) is 22.5 Å². The van der Waals surface area contributed by atoms with Crippen LogP contribution in [0.15, 0.2) is 36.4 Å². The highest BCUT2D eigenvalue weighted by Gasteiger charge is 2.02. The predicted molar refractivity (Wildman–Crippen MR) is 65.0 cm³/mol. The van der Waals surface area contributed by atoms with Gasteiger partial charge in [-0.25, -0.2) is 9.78 Å². The molecule has 86 valence electrons. The Labute approximate surface area is 98.2 Å². The van der Waals surface area contributed by atoms with Crippen LogP contribution in [0.4, 0.5) is 0 Å². The zero-order chi connectivity index (χ0) is 12.3. The van der Waals surface area contributed by atoms with Gasteiger partial charge in [0.15, 0.2) is 0 Å². The summed E-state index contributed by atoms with van der Waals surface area (Å²) in [6.45, 7) is 0. The molecule has 2 rings (SSSR count). The summed E-state index contributed by atoms with van der Waals surface area (Å²) in [7, 11) is 1.55. The normalized spacial score (nSPS) is 10.9. The fourth-order valence-electron chi connectivity index (χ4n) is 1.56. The third-order valence-corrected chi connectivity index (χ3v) is 2.34. The summed E-state index contributed by atoms with van der Waals surface area (Å²) >= 11 is 0. The zero-order valence-corrected chi connectivity index (χ0v) is 9.25. The highest BCUT2D eigenvalue weighted by atomic mass is 16.5. The molecule has 1 aromatic carbocycles. The first-order chi connectivity index (χ1) is 8.20. The number of rotatable bonds is 3. The Morgan fingerprint density at radius 2 is 2.18 bits per heavy atom. The minimum absolute atomic E-state index is 0.508. The number of carbonyl (C=O) groups is 1. The summed E-state index contributed by atoms with van der Waals surface area (Å²) in [4.78, 5) is 14.8. The van der Waals surface area contributed by atoms with Gasteiger partial charge in [0.1, 0.15) is 0 Å².